The predicted molar refractivity (Wildman–Crippen MR) is 214 cm³/mol. The zero-order valence-electron chi connectivity index (χ0n) is 28.2. The Morgan fingerprint density at radius 3 is 1.65 bits per heavy atom. The quantitative estimate of drug-likeness (QED) is 0.180. The van der Waals surface area contributed by atoms with Crippen LogP contribution in [0, 0.1) is 0 Å². The van der Waals surface area contributed by atoms with Gasteiger partial charge in [-0.15, -0.1) is 0 Å². The van der Waals surface area contributed by atoms with Crippen LogP contribution in [-0.2, 0) is 5.41 Å². The third-order valence-electron chi connectivity index (χ3n) is 11.9. The van der Waals surface area contributed by atoms with E-state index < -0.39 is 5.41 Å². The zero-order valence-corrected chi connectivity index (χ0v) is 28.2. The molecule has 52 heavy (non-hydrogen) atoms. The molecule has 1 unspecified atom stereocenters. The van der Waals surface area contributed by atoms with E-state index in [1.54, 1.807) is 0 Å². The van der Waals surface area contributed by atoms with E-state index in [2.05, 4.69) is 182 Å². The molecule has 1 aliphatic heterocycles. The smallest absolute Gasteiger partial charge is 0.135 e. The second kappa shape index (κ2) is 10.2. The van der Waals surface area contributed by atoms with E-state index in [9.17, 15) is 0 Å². The molecule has 0 saturated carbocycles. The highest BCUT2D eigenvalue weighted by atomic mass is 16.5. The van der Waals surface area contributed by atoms with Crippen LogP contribution in [0.2, 0.25) is 0 Å². The summed E-state index contributed by atoms with van der Waals surface area (Å²) in [6.07, 6.45) is 0. The van der Waals surface area contributed by atoms with Gasteiger partial charge in [0.25, 0.3) is 0 Å². The largest absolute Gasteiger partial charge is 0.456 e. The normalized spacial score (nSPS) is 15.5. The van der Waals surface area contributed by atoms with Crippen molar-refractivity contribution in [3.8, 4) is 67.1 Å². The first-order valence-corrected chi connectivity index (χ1v) is 18.1. The highest BCUT2D eigenvalue weighted by molar-refractivity contribution is 6.09. The van der Waals surface area contributed by atoms with Crippen LogP contribution in [0.25, 0.3) is 77.2 Å². The molecule has 0 amide bonds. The second-order valence-electron chi connectivity index (χ2n) is 14.3. The van der Waals surface area contributed by atoms with Crippen molar-refractivity contribution >= 4 is 21.5 Å². The Morgan fingerprint density at radius 1 is 0.308 bits per heavy atom. The SMILES string of the molecule is c1ccc(-c2cccc3c2-c2ccccc2C32c3ccccc3-c3cccc4cccc2c34)c(-c2ccc3c(c2)-c2cccc4cccc(c24)O3)c1. The summed E-state index contributed by atoms with van der Waals surface area (Å²) in [5.74, 6) is 1.82. The summed E-state index contributed by atoms with van der Waals surface area (Å²) in [6.45, 7) is 0. The minimum atomic E-state index is -0.448. The molecule has 0 N–H and O–H groups in total. The highest BCUT2D eigenvalue weighted by Gasteiger charge is 2.50. The molecule has 0 aromatic heterocycles. The summed E-state index contributed by atoms with van der Waals surface area (Å²) in [5, 5.41) is 5.01. The Morgan fingerprint density at radius 2 is 0.846 bits per heavy atom. The summed E-state index contributed by atoms with van der Waals surface area (Å²) in [7, 11) is 0. The lowest BCUT2D eigenvalue weighted by atomic mass is 9.61. The second-order valence-corrected chi connectivity index (χ2v) is 14.3. The van der Waals surface area contributed by atoms with Crippen molar-refractivity contribution in [1.82, 2.24) is 0 Å². The molecule has 9 aromatic carbocycles. The first kappa shape index (κ1) is 28.0. The van der Waals surface area contributed by atoms with Gasteiger partial charge in [-0.2, -0.15) is 0 Å². The molecule has 1 heteroatoms. The third-order valence-corrected chi connectivity index (χ3v) is 11.9. The summed E-state index contributed by atoms with van der Waals surface area (Å²) < 4.78 is 6.50. The van der Waals surface area contributed by atoms with Crippen LogP contribution in [0.1, 0.15) is 22.3 Å². The molecular weight excluding hydrogens is 629 g/mol. The molecule has 12 rings (SSSR count). The van der Waals surface area contributed by atoms with Gasteiger partial charge in [-0.3, -0.25) is 0 Å². The lowest BCUT2D eigenvalue weighted by molar-refractivity contribution is 0.487. The van der Waals surface area contributed by atoms with E-state index >= 15 is 0 Å². The van der Waals surface area contributed by atoms with Gasteiger partial charge in [0.05, 0.1) is 5.41 Å². The van der Waals surface area contributed by atoms with Crippen molar-refractivity contribution < 1.29 is 4.74 Å². The average molecular weight is 659 g/mol. The van der Waals surface area contributed by atoms with Gasteiger partial charge in [0, 0.05) is 10.9 Å². The molecular formula is C51H30O. The summed E-state index contributed by atoms with van der Waals surface area (Å²) in [4.78, 5) is 0. The Bertz CT molecular complexity index is 2990. The monoisotopic (exact) mass is 658 g/mol. The van der Waals surface area contributed by atoms with Crippen molar-refractivity contribution in [3.05, 3.63) is 204 Å². The lowest BCUT2D eigenvalue weighted by Gasteiger charge is -2.40. The maximum absolute atomic E-state index is 6.50. The van der Waals surface area contributed by atoms with Gasteiger partial charge >= 0.3 is 0 Å². The van der Waals surface area contributed by atoms with E-state index in [-0.39, 0.29) is 0 Å². The average Bonchev–Trinajstić information content (AvgIpc) is 3.51. The Kier molecular flexibility index (Phi) is 5.49. The molecule has 0 saturated heterocycles. The number of fused-ring (bicyclic) bond motifs is 11. The van der Waals surface area contributed by atoms with Gasteiger partial charge in [0.2, 0.25) is 0 Å². The molecule has 0 bridgehead atoms. The Hall–Kier alpha value is -6.70. The molecule has 1 heterocycles. The van der Waals surface area contributed by atoms with Crippen molar-refractivity contribution in [2.24, 2.45) is 0 Å². The van der Waals surface area contributed by atoms with Gasteiger partial charge in [0.1, 0.15) is 11.5 Å². The summed E-state index contributed by atoms with van der Waals surface area (Å²) in [6, 6.07) is 67.3. The molecule has 1 spiro atoms. The van der Waals surface area contributed by atoms with Crippen LogP contribution in [-0.4, -0.2) is 0 Å². The molecule has 240 valence electrons. The van der Waals surface area contributed by atoms with Crippen molar-refractivity contribution in [3.63, 3.8) is 0 Å². The molecule has 9 aromatic rings. The van der Waals surface area contributed by atoms with Gasteiger partial charge in [0.15, 0.2) is 0 Å². The van der Waals surface area contributed by atoms with Crippen LogP contribution in [0.5, 0.6) is 11.5 Å². The Labute approximate surface area is 302 Å². The van der Waals surface area contributed by atoms with Gasteiger partial charge in [-0.25, -0.2) is 0 Å². The molecule has 2 aliphatic carbocycles. The maximum atomic E-state index is 6.50. The predicted octanol–water partition coefficient (Wildman–Crippen LogP) is 13.4. The maximum Gasteiger partial charge on any atom is 0.135 e. The van der Waals surface area contributed by atoms with Gasteiger partial charge in [-0.05, 0) is 107 Å². The molecule has 0 radical (unpaired) electrons. The Balaban J connectivity index is 1.13. The van der Waals surface area contributed by atoms with Crippen LogP contribution in [0.15, 0.2) is 182 Å². The fraction of sp³-hybridized carbons (Fsp3) is 0.0196. The van der Waals surface area contributed by atoms with Crippen LogP contribution in [0.4, 0.5) is 0 Å². The number of hydrogen-bond acceptors (Lipinski definition) is 1. The number of benzene rings is 9. The van der Waals surface area contributed by atoms with Crippen molar-refractivity contribution in [1.29, 1.82) is 0 Å². The minimum absolute atomic E-state index is 0.448. The van der Waals surface area contributed by atoms with Gasteiger partial charge in [-0.1, -0.05) is 164 Å². The highest BCUT2D eigenvalue weighted by Crippen LogP contribution is 2.63. The van der Waals surface area contributed by atoms with E-state index in [1.165, 1.54) is 93.9 Å². The third kappa shape index (κ3) is 3.48. The van der Waals surface area contributed by atoms with E-state index in [0.717, 1.165) is 17.1 Å². The number of hydrogen-bond donors (Lipinski definition) is 0. The standard InChI is InChI=1S/C51H30O/c1-2-17-35(34(16-1)33-28-29-46-41(30-33)39-21-8-13-32-15-10-27-47(52-46)49(32)39)37-22-11-26-45-50(37)40-19-4-6-24-43(40)51(45)42-23-5-3-18-36(42)38-20-7-12-31-14-9-25-44(51)48(31)38/h1-30H. The number of ether oxygens (including phenoxy) is 1. The first-order valence-electron chi connectivity index (χ1n) is 18.1. The first-order chi connectivity index (χ1) is 25.8. The van der Waals surface area contributed by atoms with E-state index in [1.807, 2.05) is 0 Å². The van der Waals surface area contributed by atoms with Crippen molar-refractivity contribution in [2.75, 3.05) is 0 Å². The number of rotatable bonds is 2. The molecule has 1 nitrogen and oxygen atoms in total. The lowest BCUT2D eigenvalue weighted by Crippen LogP contribution is -2.31. The molecule has 1 atom stereocenters. The van der Waals surface area contributed by atoms with Gasteiger partial charge < -0.3 is 4.74 Å². The molecule has 0 fully saturated rings. The van der Waals surface area contributed by atoms with E-state index in [0.29, 0.717) is 0 Å². The topological polar surface area (TPSA) is 9.23 Å². The van der Waals surface area contributed by atoms with Crippen molar-refractivity contribution in [2.45, 2.75) is 5.41 Å². The summed E-state index contributed by atoms with van der Waals surface area (Å²) in [5.41, 5.74) is 17.4. The van der Waals surface area contributed by atoms with Crippen LogP contribution < -0.4 is 4.74 Å². The van der Waals surface area contributed by atoms with E-state index in [4.69, 9.17) is 4.74 Å². The summed E-state index contributed by atoms with van der Waals surface area (Å²) >= 11 is 0. The van der Waals surface area contributed by atoms with Crippen LogP contribution in [0.3, 0.4) is 0 Å². The molecule has 3 aliphatic rings. The fourth-order valence-corrected chi connectivity index (χ4v) is 9.90. The minimum Gasteiger partial charge on any atom is -0.456 e. The fourth-order valence-electron chi connectivity index (χ4n) is 9.90. The zero-order chi connectivity index (χ0) is 34.0. The van der Waals surface area contributed by atoms with Crippen LogP contribution >= 0.6 is 0 Å².